The molecular formula is C20H24ClNO4S. The van der Waals surface area contributed by atoms with E-state index in [-0.39, 0.29) is 24.2 Å². The monoisotopic (exact) mass is 409 g/mol. The second-order valence-electron chi connectivity index (χ2n) is 6.74. The van der Waals surface area contributed by atoms with Gasteiger partial charge in [0.05, 0.1) is 15.8 Å². The number of rotatable bonds is 7. The van der Waals surface area contributed by atoms with Crippen LogP contribution in [0.1, 0.15) is 43.6 Å². The van der Waals surface area contributed by atoms with E-state index in [4.69, 9.17) is 15.8 Å². The SMILES string of the molecule is CC(C)N(Cc1ccccc1OS(=O)(=O)C(C)C)C(=O)c1ccccc1Cl. The molecule has 0 aliphatic rings. The zero-order valence-electron chi connectivity index (χ0n) is 15.8. The first-order chi connectivity index (χ1) is 12.6. The molecule has 27 heavy (non-hydrogen) atoms. The third-order valence-electron chi connectivity index (χ3n) is 4.09. The molecule has 0 unspecified atom stereocenters. The average Bonchev–Trinajstić information content (AvgIpc) is 2.60. The van der Waals surface area contributed by atoms with Gasteiger partial charge in [-0.25, -0.2) is 0 Å². The van der Waals surface area contributed by atoms with E-state index in [0.717, 1.165) is 0 Å². The van der Waals surface area contributed by atoms with Crippen molar-refractivity contribution in [2.24, 2.45) is 0 Å². The lowest BCUT2D eigenvalue weighted by Crippen LogP contribution is -2.36. The van der Waals surface area contributed by atoms with Gasteiger partial charge in [-0.1, -0.05) is 41.9 Å². The van der Waals surface area contributed by atoms with Gasteiger partial charge in [-0.3, -0.25) is 4.79 Å². The minimum absolute atomic E-state index is 0.122. The van der Waals surface area contributed by atoms with E-state index in [9.17, 15) is 13.2 Å². The number of benzene rings is 2. The van der Waals surface area contributed by atoms with Crippen molar-refractivity contribution >= 4 is 27.6 Å². The van der Waals surface area contributed by atoms with Gasteiger partial charge < -0.3 is 9.08 Å². The standard InChI is InChI=1S/C20H24ClNO4S/c1-14(2)22(20(23)17-10-6-7-11-18(17)21)13-16-9-5-8-12-19(16)26-27(24,25)15(3)4/h5-12,14-15H,13H2,1-4H3. The van der Waals surface area contributed by atoms with Crippen molar-refractivity contribution in [1.82, 2.24) is 4.90 Å². The molecule has 0 atom stereocenters. The number of nitrogens with zero attached hydrogens (tertiary/aromatic N) is 1. The van der Waals surface area contributed by atoms with Gasteiger partial charge in [0.1, 0.15) is 5.75 Å². The van der Waals surface area contributed by atoms with Crippen LogP contribution >= 0.6 is 11.6 Å². The summed E-state index contributed by atoms with van der Waals surface area (Å²) in [5, 5.41) is -0.295. The molecule has 0 aliphatic heterocycles. The fraction of sp³-hybridized carbons (Fsp3) is 0.350. The molecule has 0 saturated heterocycles. The Hall–Kier alpha value is -2.05. The van der Waals surface area contributed by atoms with Crippen molar-refractivity contribution in [1.29, 1.82) is 0 Å². The summed E-state index contributed by atoms with van der Waals surface area (Å²) in [7, 11) is -3.73. The van der Waals surface area contributed by atoms with Gasteiger partial charge in [0, 0.05) is 18.2 Å². The number of carbonyl (C=O) groups excluding carboxylic acids is 1. The van der Waals surface area contributed by atoms with Crippen LogP contribution in [0.4, 0.5) is 0 Å². The number of hydrogen-bond acceptors (Lipinski definition) is 4. The van der Waals surface area contributed by atoms with E-state index in [1.807, 2.05) is 13.8 Å². The van der Waals surface area contributed by atoms with Crippen molar-refractivity contribution in [2.45, 2.75) is 45.5 Å². The first-order valence-electron chi connectivity index (χ1n) is 8.70. The molecule has 146 valence electrons. The molecule has 5 nitrogen and oxygen atoms in total. The maximum absolute atomic E-state index is 13.0. The predicted molar refractivity (Wildman–Crippen MR) is 108 cm³/mol. The highest BCUT2D eigenvalue weighted by molar-refractivity contribution is 7.87. The van der Waals surface area contributed by atoms with E-state index in [1.54, 1.807) is 67.3 Å². The number of halogens is 1. The second kappa shape index (κ2) is 8.76. The Balaban J connectivity index is 2.35. The van der Waals surface area contributed by atoms with Gasteiger partial charge in [-0.2, -0.15) is 8.42 Å². The van der Waals surface area contributed by atoms with Crippen LogP contribution in [-0.2, 0) is 16.7 Å². The first kappa shape index (κ1) is 21.3. The predicted octanol–water partition coefficient (Wildman–Crippen LogP) is 4.51. The maximum Gasteiger partial charge on any atom is 0.311 e. The summed E-state index contributed by atoms with van der Waals surface area (Å²) in [5.74, 6) is 0.000860. The number of hydrogen-bond donors (Lipinski definition) is 0. The lowest BCUT2D eigenvalue weighted by atomic mass is 10.1. The largest absolute Gasteiger partial charge is 0.382 e. The minimum atomic E-state index is -3.73. The summed E-state index contributed by atoms with van der Waals surface area (Å²) in [6, 6.07) is 13.6. The maximum atomic E-state index is 13.0. The Labute approximate surface area is 166 Å². The van der Waals surface area contributed by atoms with Crippen molar-refractivity contribution in [3.63, 3.8) is 0 Å². The highest BCUT2D eigenvalue weighted by Crippen LogP contribution is 2.26. The molecule has 0 radical (unpaired) electrons. The van der Waals surface area contributed by atoms with Crippen LogP contribution in [-0.4, -0.2) is 30.5 Å². The Bertz CT molecular complexity index is 910. The molecular weight excluding hydrogens is 386 g/mol. The molecule has 0 heterocycles. The summed E-state index contributed by atoms with van der Waals surface area (Å²) < 4.78 is 29.6. The van der Waals surface area contributed by atoms with Gasteiger partial charge in [-0.05, 0) is 45.9 Å². The minimum Gasteiger partial charge on any atom is -0.382 e. The molecule has 0 spiro atoms. The van der Waals surface area contributed by atoms with Crippen LogP contribution in [0.5, 0.6) is 5.75 Å². The second-order valence-corrected chi connectivity index (χ2v) is 9.24. The molecule has 2 aromatic carbocycles. The lowest BCUT2D eigenvalue weighted by molar-refractivity contribution is 0.0690. The van der Waals surface area contributed by atoms with Gasteiger partial charge in [-0.15, -0.1) is 0 Å². The van der Waals surface area contributed by atoms with E-state index < -0.39 is 15.4 Å². The highest BCUT2D eigenvalue weighted by Gasteiger charge is 2.24. The topological polar surface area (TPSA) is 63.7 Å². The molecule has 7 heteroatoms. The zero-order chi connectivity index (χ0) is 20.2. The molecule has 1 amide bonds. The van der Waals surface area contributed by atoms with E-state index in [1.165, 1.54) is 0 Å². The Kier molecular flexibility index (Phi) is 6.89. The van der Waals surface area contributed by atoms with Crippen LogP contribution in [0.25, 0.3) is 0 Å². The number of carbonyl (C=O) groups is 1. The molecule has 0 aromatic heterocycles. The number of amides is 1. The third kappa shape index (κ3) is 5.23. The molecule has 0 bridgehead atoms. The average molecular weight is 410 g/mol. The van der Waals surface area contributed by atoms with Crippen LogP contribution in [0, 0.1) is 0 Å². The van der Waals surface area contributed by atoms with Crippen LogP contribution in [0.3, 0.4) is 0 Å². The zero-order valence-corrected chi connectivity index (χ0v) is 17.4. The van der Waals surface area contributed by atoms with Crippen molar-refractivity contribution in [2.75, 3.05) is 0 Å². The van der Waals surface area contributed by atoms with E-state index >= 15 is 0 Å². The Morgan fingerprint density at radius 2 is 1.63 bits per heavy atom. The Morgan fingerprint density at radius 3 is 2.22 bits per heavy atom. The van der Waals surface area contributed by atoms with Crippen LogP contribution in [0.2, 0.25) is 5.02 Å². The van der Waals surface area contributed by atoms with Gasteiger partial charge >= 0.3 is 10.1 Å². The normalized spacial score (nSPS) is 11.7. The quantitative estimate of drug-likeness (QED) is 0.631. The van der Waals surface area contributed by atoms with Gasteiger partial charge in [0.2, 0.25) is 0 Å². The first-order valence-corrected chi connectivity index (χ1v) is 10.5. The molecule has 0 fully saturated rings. The summed E-state index contributed by atoms with van der Waals surface area (Å²) in [6.45, 7) is 7.09. The molecule has 2 aromatic rings. The molecule has 2 rings (SSSR count). The highest BCUT2D eigenvalue weighted by atomic mass is 35.5. The fourth-order valence-electron chi connectivity index (χ4n) is 2.40. The fourth-order valence-corrected chi connectivity index (χ4v) is 3.22. The molecule has 0 aliphatic carbocycles. The van der Waals surface area contributed by atoms with Crippen LogP contribution in [0.15, 0.2) is 48.5 Å². The molecule has 0 saturated carbocycles. The number of para-hydroxylation sites is 1. The summed E-state index contributed by atoms with van der Waals surface area (Å²) in [6.07, 6.45) is 0. The van der Waals surface area contributed by atoms with E-state index in [2.05, 4.69) is 0 Å². The van der Waals surface area contributed by atoms with Crippen molar-refractivity contribution in [3.05, 3.63) is 64.7 Å². The van der Waals surface area contributed by atoms with Gasteiger partial charge in [0.25, 0.3) is 5.91 Å². The van der Waals surface area contributed by atoms with Gasteiger partial charge in [0.15, 0.2) is 0 Å². The molecule has 0 N–H and O–H groups in total. The van der Waals surface area contributed by atoms with Crippen molar-refractivity contribution in [3.8, 4) is 5.75 Å². The Morgan fingerprint density at radius 1 is 1.04 bits per heavy atom. The van der Waals surface area contributed by atoms with Crippen LogP contribution < -0.4 is 4.18 Å². The summed E-state index contributed by atoms with van der Waals surface area (Å²) >= 11 is 6.17. The summed E-state index contributed by atoms with van der Waals surface area (Å²) in [5.41, 5.74) is 1.01. The van der Waals surface area contributed by atoms with E-state index in [0.29, 0.717) is 16.1 Å². The third-order valence-corrected chi connectivity index (χ3v) is 5.98. The summed E-state index contributed by atoms with van der Waals surface area (Å²) in [4.78, 5) is 14.6. The van der Waals surface area contributed by atoms with Crippen molar-refractivity contribution < 1.29 is 17.4 Å². The lowest BCUT2D eigenvalue weighted by Gasteiger charge is -2.28. The smallest absolute Gasteiger partial charge is 0.311 e.